The van der Waals surface area contributed by atoms with Gasteiger partial charge >= 0.3 is 0 Å². The molecule has 3 nitrogen and oxygen atoms in total. The second-order valence-corrected chi connectivity index (χ2v) is 3.72. The van der Waals surface area contributed by atoms with Gasteiger partial charge in [0, 0.05) is 11.9 Å². The molecule has 1 aromatic heterocycles. The molecule has 0 bridgehead atoms. The lowest BCUT2D eigenvalue weighted by Crippen LogP contribution is -2.24. The van der Waals surface area contributed by atoms with E-state index in [1.807, 2.05) is 30.3 Å². The predicted molar refractivity (Wildman–Crippen MR) is 68.9 cm³/mol. The minimum absolute atomic E-state index is 0.141. The zero-order valence-electron chi connectivity index (χ0n) is 9.52. The molecule has 1 heterocycles. The van der Waals surface area contributed by atoms with Crippen LogP contribution in [-0.2, 0) is 0 Å². The third-order valence-corrected chi connectivity index (χ3v) is 2.47. The first kappa shape index (κ1) is 11.3. The van der Waals surface area contributed by atoms with E-state index in [1.165, 1.54) is 0 Å². The molecule has 0 unspecified atom stereocenters. The standard InChI is InChI=1S/C14H14N2O/c1-2-3-10-15-14(17)13-9-8-11-6-4-5-7-12(11)16-13/h2,4-9H,1,3,10H2,(H,15,17). The number of benzene rings is 1. The van der Waals surface area contributed by atoms with E-state index in [0.29, 0.717) is 12.2 Å². The fourth-order valence-electron chi connectivity index (χ4n) is 1.57. The lowest BCUT2D eigenvalue weighted by Gasteiger charge is -2.04. The monoisotopic (exact) mass is 226 g/mol. The summed E-state index contributed by atoms with van der Waals surface area (Å²) in [6.07, 6.45) is 2.54. The second-order valence-electron chi connectivity index (χ2n) is 3.72. The molecule has 1 amide bonds. The minimum atomic E-state index is -0.141. The van der Waals surface area contributed by atoms with Gasteiger partial charge in [-0.3, -0.25) is 4.79 Å². The Balaban J connectivity index is 2.18. The third-order valence-electron chi connectivity index (χ3n) is 2.47. The Bertz CT molecular complexity index is 549. The van der Waals surface area contributed by atoms with E-state index >= 15 is 0 Å². The fourth-order valence-corrected chi connectivity index (χ4v) is 1.57. The molecule has 3 heteroatoms. The van der Waals surface area contributed by atoms with Crippen molar-refractivity contribution in [2.45, 2.75) is 6.42 Å². The van der Waals surface area contributed by atoms with Crippen molar-refractivity contribution in [1.29, 1.82) is 0 Å². The molecule has 0 aliphatic carbocycles. The van der Waals surface area contributed by atoms with Crippen molar-refractivity contribution in [2.75, 3.05) is 6.54 Å². The number of hydrogen-bond donors (Lipinski definition) is 1. The lowest BCUT2D eigenvalue weighted by molar-refractivity contribution is 0.0950. The van der Waals surface area contributed by atoms with Crippen LogP contribution in [0.3, 0.4) is 0 Å². The number of pyridine rings is 1. The van der Waals surface area contributed by atoms with E-state index in [9.17, 15) is 4.79 Å². The van der Waals surface area contributed by atoms with Gasteiger partial charge in [0.25, 0.3) is 5.91 Å². The molecule has 17 heavy (non-hydrogen) atoms. The number of nitrogens with one attached hydrogen (secondary N) is 1. The Kier molecular flexibility index (Phi) is 3.50. The molecule has 86 valence electrons. The summed E-state index contributed by atoms with van der Waals surface area (Å²) in [6, 6.07) is 11.4. The van der Waals surface area contributed by atoms with Gasteiger partial charge in [-0.15, -0.1) is 6.58 Å². The number of aromatic nitrogens is 1. The maximum Gasteiger partial charge on any atom is 0.269 e. The highest BCUT2D eigenvalue weighted by Gasteiger charge is 2.06. The maximum atomic E-state index is 11.8. The Morgan fingerprint density at radius 1 is 1.29 bits per heavy atom. The summed E-state index contributed by atoms with van der Waals surface area (Å²) >= 11 is 0. The number of amides is 1. The van der Waals surface area contributed by atoms with E-state index in [-0.39, 0.29) is 5.91 Å². The largest absolute Gasteiger partial charge is 0.350 e. The van der Waals surface area contributed by atoms with Crippen LogP contribution in [0.1, 0.15) is 16.9 Å². The summed E-state index contributed by atoms with van der Waals surface area (Å²) in [5.74, 6) is -0.141. The molecule has 1 aromatic carbocycles. The van der Waals surface area contributed by atoms with Crippen LogP contribution in [-0.4, -0.2) is 17.4 Å². The quantitative estimate of drug-likeness (QED) is 0.643. The molecule has 2 aromatic rings. The Morgan fingerprint density at radius 3 is 2.94 bits per heavy atom. The molecule has 0 atom stereocenters. The van der Waals surface area contributed by atoms with Crippen molar-refractivity contribution in [3.05, 3.63) is 54.7 Å². The Hall–Kier alpha value is -2.16. The van der Waals surface area contributed by atoms with Crippen LogP contribution in [0, 0.1) is 0 Å². The fraction of sp³-hybridized carbons (Fsp3) is 0.143. The summed E-state index contributed by atoms with van der Waals surface area (Å²) < 4.78 is 0. The summed E-state index contributed by atoms with van der Waals surface area (Å²) in [4.78, 5) is 16.1. The van der Waals surface area contributed by atoms with Gasteiger partial charge in [0.05, 0.1) is 5.52 Å². The van der Waals surface area contributed by atoms with Crippen molar-refractivity contribution < 1.29 is 4.79 Å². The topological polar surface area (TPSA) is 42.0 Å². The van der Waals surface area contributed by atoms with Crippen LogP contribution in [0.2, 0.25) is 0 Å². The van der Waals surface area contributed by atoms with Crippen molar-refractivity contribution in [2.24, 2.45) is 0 Å². The number of nitrogens with zero attached hydrogens (tertiary/aromatic N) is 1. The molecule has 0 aliphatic rings. The van der Waals surface area contributed by atoms with Gasteiger partial charge in [-0.25, -0.2) is 4.98 Å². The Morgan fingerprint density at radius 2 is 2.12 bits per heavy atom. The van der Waals surface area contributed by atoms with Crippen LogP contribution in [0.25, 0.3) is 10.9 Å². The summed E-state index contributed by atoms with van der Waals surface area (Å²) in [5, 5.41) is 3.83. The van der Waals surface area contributed by atoms with Crippen molar-refractivity contribution in [3.8, 4) is 0 Å². The number of carbonyl (C=O) groups excluding carboxylic acids is 1. The lowest BCUT2D eigenvalue weighted by atomic mass is 10.2. The number of carbonyl (C=O) groups is 1. The van der Waals surface area contributed by atoms with Gasteiger partial charge < -0.3 is 5.32 Å². The van der Waals surface area contributed by atoms with E-state index in [2.05, 4.69) is 16.9 Å². The molecular formula is C14H14N2O. The highest BCUT2D eigenvalue weighted by molar-refractivity contribution is 5.94. The average molecular weight is 226 g/mol. The molecule has 0 saturated heterocycles. The molecule has 1 N–H and O–H groups in total. The second kappa shape index (κ2) is 5.25. The van der Waals surface area contributed by atoms with E-state index < -0.39 is 0 Å². The highest BCUT2D eigenvalue weighted by Crippen LogP contribution is 2.11. The summed E-state index contributed by atoms with van der Waals surface area (Å²) in [7, 11) is 0. The van der Waals surface area contributed by atoms with Gasteiger partial charge in [0.2, 0.25) is 0 Å². The van der Waals surface area contributed by atoms with Gasteiger partial charge in [-0.05, 0) is 18.6 Å². The first-order valence-electron chi connectivity index (χ1n) is 5.56. The smallest absolute Gasteiger partial charge is 0.269 e. The maximum absolute atomic E-state index is 11.8. The van der Waals surface area contributed by atoms with Crippen molar-refractivity contribution >= 4 is 16.8 Å². The van der Waals surface area contributed by atoms with Gasteiger partial charge in [0.1, 0.15) is 5.69 Å². The van der Waals surface area contributed by atoms with Crippen LogP contribution >= 0.6 is 0 Å². The summed E-state index contributed by atoms with van der Waals surface area (Å²) in [6.45, 7) is 4.20. The number of fused-ring (bicyclic) bond motifs is 1. The zero-order chi connectivity index (χ0) is 12.1. The molecule has 0 radical (unpaired) electrons. The van der Waals surface area contributed by atoms with Crippen molar-refractivity contribution in [1.82, 2.24) is 10.3 Å². The number of rotatable bonds is 4. The van der Waals surface area contributed by atoms with Gasteiger partial charge in [0.15, 0.2) is 0 Å². The highest BCUT2D eigenvalue weighted by atomic mass is 16.1. The van der Waals surface area contributed by atoms with Crippen LogP contribution in [0.4, 0.5) is 0 Å². The molecule has 0 saturated carbocycles. The van der Waals surface area contributed by atoms with E-state index in [0.717, 1.165) is 17.3 Å². The molecular weight excluding hydrogens is 212 g/mol. The average Bonchev–Trinajstić information content (AvgIpc) is 2.38. The van der Waals surface area contributed by atoms with E-state index in [4.69, 9.17) is 0 Å². The van der Waals surface area contributed by atoms with E-state index in [1.54, 1.807) is 12.1 Å². The molecule has 0 spiro atoms. The van der Waals surface area contributed by atoms with Crippen molar-refractivity contribution in [3.63, 3.8) is 0 Å². The molecule has 0 aliphatic heterocycles. The zero-order valence-corrected chi connectivity index (χ0v) is 9.52. The Labute approximate surface area is 100 Å². The SMILES string of the molecule is C=CCCNC(=O)c1ccc2ccccc2n1. The van der Waals surface area contributed by atoms with Crippen LogP contribution in [0.15, 0.2) is 49.1 Å². The normalized spacial score (nSPS) is 10.1. The predicted octanol–water partition coefficient (Wildman–Crippen LogP) is 2.54. The first-order valence-corrected chi connectivity index (χ1v) is 5.56. The summed E-state index contributed by atoms with van der Waals surface area (Å²) in [5.41, 5.74) is 1.29. The molecule has 0 fully saturated rings. The number of para-hydroxylation sites is 1. The minimum Gasteiger partial charge on any atom is -0.350 e. The molecule has 2 rings (SSSR count). The first-order chi connectivity index (χ1) is 8.31. The third kappa shape index (κ3) is 2.69. The number of hydrogen-bond acceptors (Lipinski definition) is 2. The van der Waals surface area contributed by atoms with Gasteiger partial charge in [-0.2, -0.15) is 0 Å². The van der Waals surface area contributed by atoms with Gasteiger partial charge in [-0.1, -0.05) is 30.3 Å². The van der Waals surface area contributed by atoms with Crippen LogP contribution in [0.5, 0.6) is 0 Å². The van der Waals surface area contributed by atoms with Crippen LogP contribution < -0.4 is 5.32 Å².